The van der Waals surface area contributed by atoms with Crippen LogP contribution >= 0.6 is 23.6 Å². The zero-order chi connectivity index (χ0) is 11.5. The summed E-state index contributed by atoms with van der Waals surface area (Å²) in [5.74, 6) is 0. The van der Waals surface area contributed by atoms with E-state index in [1.54, 1.807) is 17.6 Å². The number of benzene rings is 1. The topological polar surface area (TPSA) is 50.4 Å². The Kier molecular flexibility index (Phi) is 3.17. The predicted octanol–water partition coefficient (Wildman–Crippen LogP) is 2.38. The van der Waals surface area contributed by atoms with Crippen LogP contribution in [0.5, 0.6) is 0 Å². The first-order chi connectivity index (χ1) is 7.68. The SMILES string of the molecule is Cc1c(/C=N/NC(N)=S)sc2ccccc12. The largest absolute Gasteiger partial charge is 0.375 e. The van der Waals surface area contributed by atoms with Gasteiger partial charge in [-0.1, -0.05) is 18.2 Å². The van der Waals surface area contributed by atoms with Gasteiger partial charge >= 0.3 is 0 Å². The molecular weight excluding hydrogens is 238 g/mol. The number of nitrogens with zero attached hydrogens (tertiary/aromatic N) is 1. The van der Waals surface area contributed by atoms with Crippen LogP contribution < -0.4 is 11.2 Å². The summed E-state index contributed by atoms with van der Waals surface area (Å²) in [6.07, 6.45) is 1.75. The van der Waals surface area contributed by atoms with Crippen LogP contribution in [0.2, 0.25) is 0 Å². The number of thiocarbonyl (C=S) groups is 1. The number of hydrazone groups is 1. The van der Waals surface area contributed by atoms with Gasteiger partial charge in [-0.2, -0.15) is 5.10 Å². The van der Waals surface area contributed by atoms with Crippen LogP contribution in [0.15, 0.2) is 29.4 Å². The van der Waals surface area contributed by atoms with Crippen molar-refractivity contribution in [3.05, 3.63) is 34.7 Å². The third-order valence-electron chi connectivity index (χ3n) is 2.24. The van der Waals surface area contributed by atoms with Crippen molar-refractivity contribution in [2.45, 2.75) is 6.92 Å². The third-order valence-corrected chi connectivity index (χ3v) is 3.54. The molecule has 3 N–H and O–H groups in total. The third kappa shape index (κ3) is 2.20. The van der Waals surface area contributed by atoms with E-state index >= 15 is 0 Å². The molecule has 0 spiro atoms. The summed E-state index contributed by atoms with van der Waals surface area (Å²) in [4.78, 5) is 1.12. The normalized spacial score (nSPS) is 11.1. The zero-order valence-corrected chi connectivity index (χ0v) is 10.4. The minimum Gasteiger partial charge on any atom is -0.375 e. The second kappa shape index (κ2) is 4.59. The minimum absolute atomic E-state index is 0.176. The van der Waals surface area contributed by atoms with Crippen LogP contribution in [0.1, 0.15) is 10.4 Å². The number of nitrogens with two attached hydrogens (primary N) is 1. The van der Waals surface area contributed by atoms with E-state index in [0.29, 0.717) is 0 Å². The number of hydrogen-bond donors (Lipinski definition) is 2. The standard InChI is InChI=1S/C11H11N3S2/c1-7-8-4-2-3-5-9(8)16-10(7)6-13-14-11(12)15/h2-6H,1H3,(H3,12,14,15)/b13-6+. The molecule has 2 rings (SSSR count). The number of thiophene rings is 1. The minimum atomic E-state index is 0.176. The molecule has 0 atom stereocenters. The van der Waals surface area contributed by atoms with Gasteiger partial charge in [0.1, 0.15) is 0 Å². The molecule has 0 fully saturated rings. The fourth-order valence-corrected chi connectivity index (χ4v) is 2.61. The van der Waals surface area contributed by atoms with E-state index in [9.17, 15) is 0 Å². The van der Waals surface area contributed by atoms with Crippen molar-refractivity contribution in [2.24, 2.45) is 10.8 Å². The van der Waals surface area contributed by atoms with Crippen molar-refractivity contribution in [1.29, 1.82) is 0 Å². The van der Waals surface area contributed by atoms with Crippen LogP contribution in [-0.4, -0.2) is 11.3 Å². The van der Waals surface area contributed by atoms with Gasteiger partial charge in [-0.3, -0.25) is 5.43 Å². The highest BCUT2D eigenvalue weighted by Crippen LogP contribution is 2.29. The van der Waals surface area contributed by atoms with Crippen molar-refractivity contribution in [3.8, 4) is 0 Å². The molecule has 0 unspecified atom stereocenters. The van der Waals surface area contributed by atoms with E-state index in [2.05, 4.69) is 41.8 Å². The Hall–Kier alpha value is -1.46. The van der Waals surface area contributed by atoms with Gasteiger partial charge in [-0.15, -0.1) is 11.3 Å². The maximum atomic E-state index is 5.28. The van der Waals surface area contributed by atoms with Gasteiger partial charge < -0.3 is 5.73 Å². The molecule has 82 valence electrons. The molecule has 16 heavy (non-hydrogen) atoms. The summed E-state index contributed by atoms with van der Waals surface area (Å²) < 4.78 is 1.26. The molecule has 0 aliphatic rings. The summed E-state index contributed by atoms with van der Waals surface area (Å²) >= 11 is 6.37. The number of nitrogens with one attached hydrogen (secondary N) is 1. The van der Waals surface area contributed by atoms with E-state index in [1.807, 2.05) is 12.1 Å². The maximum Gasteiger partial charge on any atom is 0.184 e. The van der Waals surface area contributed by atoms with E-state index < -0.39 is 0 Å². The molecule has 0 saturated heterocycles. The fourth-order valence-electron chi connectivity index (χ4n) is 1.47. The fraction of sp³-hybridized carbons (Fsp3) is 0.0909. The molecule has 2 aromatic rings. The van der Waals surface area contributed by atoms with Crippen molar-refractivity contribution < 1.29 is 0 Å². The molecular formula is C11H11N3S2. The summed E-state index contributed by atoms with van der Waals surface area (Å²) in [6.45, 7) is 2.08. The average Bonchev–Trinajstić information content (AvgIpc) is 2.56. The van der Waals surface area contributed by atoms with Crippen LogP contribution in [-0.2, 0) is 0 Å². The Morgan fingerprint density at radius 1 is 1.50 bits per heavy atom. The molecule has 1 heterocycles. The highest BCUT2D eigenvalue weighted by molar-refractivity contribution is 7.80. The molecule has 0 bridgehead atoms. The molecule has 0 radical (unpaired) electrons. The molecule has 1 aromatic heterocycles. The Morgan fingerprint density at radius 3 is 2.94 bits per heavy atom. The highest BCUT2D eigenvalue weighted by atomic mass is 32.1. The molecule has 3 nitrogen and oxygen atoms in total. The van der Waals surface area contributed by atoms with Gasteiger partial charge in [0.05, 0.1) is 11.1 Å². The molecule has 1 aromatic carbocycles. The lowest BCUT2D eigenvalue weighted by Gasteiger charge is -1.93. The second-order valence-corrected chi connectivity index (χ2v) is 4.85. The molecule has 5 heteroatoms. The molecule has 0 saturated carbocycles. The van der Waals surface area contributed by atoms with E-state index in [1.165, 1.54) is 15.6 Å². The van der Waals surface area contributed by atoms with E-state index in [-0.39, 0.29) is 5.11 Å². The first-order valence-corrected chi connectivity index (χ1v) is 5.97. The summed E-state index contributed by atoms with van der Waals surface area (Å²) in [5.41, 5.74) is 9.06. The lowest BCUT2D eigenvalue weighted by atomic mass is 10.1. The van der Waals surface area contributed by atoms with Gasteiger partial charge in [0.25, 0.3) is 0 Å². The van der Waals surface area contributed by atoms with Crippen molar-refractivity contribution in [3.63, 3.8) is 0 Å². The van der Waals surface area contributed by atoms with Crippen LogP contribution in [0, 0.1) is 6.92 Å². The lowest BCUT2D eigenvalue weighted by molar-refractivity contribution is 1.04. The molecule has 0 amide bonds. The van der Waals surface area contributed by atoms with Crippen LogP contribution in [0.25, 0.3) is 10.1 Å². The number of rotatable bonds is 2. The maximum absolute atomic E-state index is 5.28. The predicted molar refractivity (Wildman–Crippen MR) is 74.1 cm³/mol. The second-order valence-electron chi connectivity index (χ2n) is 3.32. The Labute approximate surface area is 103 Å². The van der Waals surface area contributed by atoms with Gasteiger partial charge in [-0.25, -0.2) is 0 Å². The van der Waals surface area contributed by atoms with Gasteiger partial charge in [0, 0.05) is 4.70 Å². The quantitative estimate of drug-likeness (QED) is 0.488. The number of aryl methyl sites for hydroxylation is 1. The smallest absolute Gasteiger partial charge is 0.184 e. The zero-order valence-electron chi connectivity index (χ0n) is 8.73. The summed E-state index contributed by atoms with van der Waals surface area (Å²) in [7, 11) is 0. The highest BCUT2D eigenvalue weighted by Gasteiger charge is 2.05. The van der Waals surface area contributed by atoms with Gasteiger partial charge in [0.15, 0.2) is 5.11 Å². The Bertz CT molecular complexity index is 557. The van der Waals surface area contributed by atoms with Crippen molar-refractivity contribution in [2.75, 3.05) is 0 Å². The average molecular weight is 249 g/mol. The number of fused-ring (bicyclic) bond motifs is 1. The van der Waals surface area contributed by atoms with E-state index in [4.69, 9.17) is 5.73 Å². The summed E-state index contributed by atoms with van der Waals surface area (Å²) in [5, 5.41) is 5.41. The van der Waals surface area contributed by atoms with Crippen molar-refractivity contribution in [1.82, 2.24) is 5.43 Å². The molecule has 0 aliphatic carbocycles. The molecule has 0 aliphatic heterocycles. The Balaban J connectivity index is 2.34. The number of hydrogen-bond acceptors (Lipinski definition) is 3. The first kappa shape index (κ1) is 11.0. The first-order valence-electron chi connectivity index (χ1n) is 4.75. The van der Waals surface area contributed by atoms with Gasteiger partial charge in [-0.05, 0) is 36.2 Å². The van der Waals surface area contributed by atoms with Crippen LogP contribution in [0.4, 0.5) is 0 Å². The Morgan fingerprint density at radius 2 is 2.25 bits per heavy atom. The monoisotopic (exact) mass is 249 g/mol. The van der Waals surface area contributed by atoms with E-state index in [0.717, 1.165) is 4.88 Å². The van der Waals surface area contributed by atoms with Gasteiger partial charge in [0.2, 0.25) is 0 Å². The summed E-state index contributed by atoms with van der Waals surface area (Å²) in [6, 6.07) is 8.29. The van der Waals surface area contributed by atoms with Crippen LogP contribution in [0.3, 0.4) is 0 Å². The van der Waals surface area contributed by atoms with Crippen molar-refractivity contribution >= 4 is 45.0 Å². The lowest BCUT2D eigenvalue weighted by Crippen LogP contribution is -2.23.